The maximum atomic E-state index is 12.8. The van der Waals surface area contributed by atoms with Crippen LogP contribution in [-0.2, 0) is 20.9 Å². The molecule has 22 heavy (non-hydrogen) atoms. The summed E-state index contributed by atoms with van der Waals surface area (Å²) in [6.45, 7) is 3.22. The monoisotopic (exact) mass is 308 g/mol. The van der Waals surface area contributed by atoms with Crippen LogP contribution in [0, 0.1) is 5.82 Å². The largest absolute Gasteiger partial charge is 0.368 e. The molecule has 1 atom stereocenters. The van der Waals surface area contributed by atoms with Gasteiger partial charge in [0.1, 0.15) is 11.9 Å². The molecule has 1 heterocycles. The van der Waals surface area contributed by atoms with Gasteiger partial charge in [-0.05, 0) is 37.5 Å². The summed E-state index contributed by atoms with van der Waals surface area (Å²) in [6, 6.07) is 5.93. The summed E-state index contributed by atoms with van der Waals surface area (Å²) in [5.74, 6) is -0.677. The van der Waals surface area contributed by atoms with Crippen molar-refractivity contribution in [1.82, 2.24) is 10.2 Å². The van der Waals surface area contributed by atoms with Gasteiger partial charge < -0.3 is 15.0 Å². The summed E-state index contributed by atoms with van der Waals surface area (Å²) in [6.07, 6.45) is 1.18. The predicted octanol–water partition coefficient (Wildman–Crippen LogP) is 1.47. The van der Waals surface area contributed by atoms with E-state index in [9.17, 15) is 14.0 Å². The van der Waals surface area contributed by atoms with Crippen LogP contribution in [0.3, 0.4) is 0 Å². The lowest BCUT2D eigenvalue weighted by molar-refractivity contribution is -0.143. The Morgan fingerprint density at radius 1 is 1.36 bits per heavy atom. The van der Waals surface area contributed by atoms with Crippen LogP contribution < -0.4 is 5.32 Å². The molecule has 1 fully saturated rings. The SMILES string of the molecule is CCN(CC(=O)NCc1ccc(F)cc1)C(=O)[C@H]1CCCO1. The molecule has 2 rings (SSSR count). The molecule has 0 unspecified atom stereocenters. The highest BCUT2D eigenvalue weighted by Crippen LogP contribution is 2.14. The molecule has 0 aromatic heterocycles. The fourth-order valence-corrected chi connectivity index (χ4v) is 2.35. The topological polar surface area (TPSA) is 58.6 Å². The molecule has 6 heteroatoms. The van der Waals surface area contributed by atoms with E-state index in [4.69, 9.17) is 4.74 Å². The minimum atomic E-state index is -0.412. The molecule has 0 radical (unpaired) electrons. The number of carbonyl (C=O) groups excluding carboxylic acids is 2. The summed E-state index contributed by atoms with van der Waals surface area (Å²) >= 11 is 0. The smallest absolute Gasteiger partial charge is 0.252 e. The average Bonchev–Trinajstić information content (AvgIpc) is 3.06. The van der Waals surface area contributed by atoms with Crippen LogP contribution in [0.15, 0.2) is 24.3 Å². The van der Waals surface area contributed by atoms with E-state index in [1.165, 1.54) is 17.0 Å². The van der Waals surface area contributed by atoms with Crippen LogP contribution in [0.5, 0.6) is 0 Å². The maximum absolute atomic E-state index is 12.8. The summed E-state index contributed by atoms with van der Waals surface area (Å²) < 4.78 is 18.2. The van der Waals surface area contributed by atoms with Gasteiger partial charge in [-0.2, -0.15) is 0 Å². The van der Waals surface area contributed by atoms with E-state index in [0.29, 0.717) is 26.1 Å². The normalized spacial score (nSPS) is 17.3. The van der Waals surface area contributed by atoms with E-state index in [1.807, 2.05) is 6.92 Å². The van der Waals surface area contributed by atoms with Crippen LogP contribution in [-0.4, -0.2) is 42.5 Å². The number of hydrogen-bond acceptors (Lipinski definition) is 3. The highest BCUT2D eigenvalue weighted by Gasteiger charge is 2.28. The van der Waals surface area contributed by atoms with Gasteiger partial charge in [0.2, 0.25) is 5.91 Å². The van der Waals surface area contributed by atoms with E-state index >= 15 is 0 Å². The quantitative estimate of drug-likeness (QED) is 0.866. The number of nitrogens with zero attached hydrogens (tertiary/aromatic N) is 1. The van der Waals surface area contributed by atoms with Crippen molar-refractivity contribution in [2.45, 2.75) is 32.4 Å². The molecule has 1 aromatic rings. The van der Waals surface area contributed by atoms with Crippen molar-refractivity contribution < 1.29 is 18.7 Å². The van der Waals surface area contributed by atoms with Gasteiger partial charge in [-0.25, -0.2) is 4.39 Å². The zero-order valence-corrected chi connectivity index (χ0v) is 12.7. The van der Waals surface area contributed by atoms with Gasteiger partial charge in [0.15, 0.2) is 0 Å². The van der Waals surface area contributed by atoms with Gasteiger partial charge in [0.05, 0.1) is 6.54 Å². The third-order valence-corrected chi connectivity index (χ3v) is 3.64. The molecule has 1 aliphatic rings. The molecule has 0 spiro atoms. The molecular weight excluding hydrogens is 287 g/mol. The minimum absolute atomic E-state index is 0.0103. The number of halogens is 1. The van der Waals surface area contributed by atoms with Gasteiger partial charge >= 0.3 is 0 Å². The summed E-state index contributed by atoms with van der Waals surface area (Å²) in [5, 5.41) is 2.73. The van der Waals surface area contributed by atoms with E-state index in [-0.39, 0.29) is 24.2 Å². The number of likely N-dealkylation sites (N-methyl/N-ethyl adjacent to an activating group) is 1. The minimum Gasteiger partial charge on any atom is -0.368 e. The second-order valence-corrected chi connectivity index (χ2v) is 5.26. The fourth-order valence-electron chi connectivity index (χ4n) is 2.35. The molecule has 0 bridgehead atoms. The molecule has 1 aliphatic heterocycles. The zero-order valence-electron chi connectivity index (χ0n) is 12.7. The number of rotatable bonds is 6. The van der Waals surface area contributed by atoms with Crippen molar-refractivity contribution in [3.8, 4) is 0 Å². The number of amides is 2. The predicted molar refractivity (Wildman–Crippen MR) is 79.5 cm³/mol. The first-order valence-corrected chi connectivity index (χ1v) is 7.51. The maximum Gasteiger partial charge on any atom is 0.252 e. The number of hydrogen-bond donors (Lipinski definition) is 1. The van der Waals surface area contributed by atoms with Gasteiger partial charge in [-0.3, -0.25) is 9.59 Å². The summed E-state index contributed by atoms with van der Waals surface area (Å²) in [4.78, 5) is 25.7. The number of nitrogens with one attached hydrogen (secondary N) is 1. The first-order valence-electron chi connectivity index (χ1n) is 7.51. The molecule has 2 amide bonds. The molecule has 0 aliphatic carbocycles. The van der Waals surface area contributed by atoms with Crippen LogP contribution in [0.4, 0.5) is 4.39 Å². The first kappa shape index (κ1) is 16.4. The van der Waals surface area contributed by atoms with Gasteiger partial charge in [0.25, 0.3) is 5.91 Å². The van der Waals surface area contributed by atoms with E-state index < -0.39 is 6.10 Å². The Morgan fingerprint density at radius 2 is 2.09 bits per heavy atom. The lowest BCUT2D eigenvalue weighted by Gasteiger charge is -2.23. The first-order chi connectivity index (χ1) is 10.6. The molecule has 5 nitrogen and oxygen atoms in total. The van der Waals surface area contributed by atoms with E-state index in [1.54, 1.807) is 12.1 Å². The second kappa shape index (κ2) is 7.89. The highest BCUT2D eigenvalue weighted by atomic mass is 19.1. The van der Waals surface area contributed by atoms with Crippen molar-refractivity contribution in [1.29, 1.82) is 0 Å². The molecule has 120 valence electrons. The van der Waals surface area contributed by atoms with Gasteiger partial charge in [-0.15, -0.1) is 0 Å². The standard InChI is InChI=1S/C16H21FN2O3/c1-2-19(16(21)14-4-3-9-22-14)11-15(20)18-10-12-5-7-13(17)8-6-12/h5-8,14H,2-4,9-11H2,1H3,(H,18,20)/t14-/m1/s1. The zero-order chi connectivity index (χ0) is 15.9. The Labute approximate surface area is 129 Å². The Hall–Kier alpha value is -1.95. The van der Waals surface area contributed by atoms with Crippen molar-refractivity contribution >= 4 is 11.8 Å². The van der Waals surface area contributed by atoms with Crippen LogP contribution in [0.25, 0.3) is 0 Å². The lowest BCUT2D eigenvalue weighted by Crippen LogP contribution is -2.44. The Morgan fingerprint density at radius 3 is 2.68 bits per heavy atom. The molecule has 1 N–H and O–H groups in total. The Kier molecular flexibility index (Phi) is 5.89. The van der Waals surface area contributed by atoms with Crippen LogP contribution in [0.1, 0.15) is 25.3 Å². The third-order valence-electron chi connectivity index (χ3n) is 3.64. The highest BCUT2D eigenvalue weighted by molar-refractivity contribution is 5.87. The number of ether oxygens (including phenoxy) is 1. The third kappa shape index (κ3) is 4.53. The lowest BCUT2D eigenvalue weighted by atomic mass is 10.2. The Balaban J connectivity index is 1.81. The molecular formula is C16H21FN2O3. The molecule has 1 saturated heterocycles. The summed E-state index contributed by atoms with van der Waals surface area (Å²) in [7, 11) is 0. The molecule has 1 aromatic carbocycles. The van der Waals surface area contributed by atoms with Crippen molar-refractivity contribution in [3.63, 3.8) is 0 Å². The van der Waals surface area contributed by atoms with Crippen molar-refractivity contribution in [2.24, 2.45) is 0 Å². The average molecular weight is 308 g/mol. The van der Waals surface area contributed by atoms with Crippen LogP contribution >= 0.6 is 0 Å². The Bertz CT molecular complexity index is 513. The number of benzene rings is 1. The fraction of sp³-hybridized carbons (Fsp3) is 0.500. The summed E-state index contributed by atoms with van der Waals surface area (Å²) in [5.41, 5.74) is 0.809. The van der Waals surface area contributed by atoms with Crippen LogP contribution in [0.2, 0.25) is 0 Å². The van der Waals surface area contributed by atoms with E-state index in [0.717, 1.165) is 12.0 Å². The van der Waals surface area contributed by atoms with Crippen molar-refractivity contribution in [3.05, 3.63) is 35.6 Å². The van der Waals surface area contributed by atoms with Gasteiger partial charge in [0, 0.05) is 19.7 Å². The van der Waals surface area contributed by atoms with Crippen molar-refractivity contribution in [2.75, 3.05) is 19.7 Å². The number of carbonyl (C=O) groups is 2. The van der Waals surface area contributed by atoms with Gasteiger partial charge in [-0.1, -0.05) is 12.1 Å². The second-order valence-electron chi connectivity index (χ2n) is 5.26. The molecule has 0 saturated carbocycles. The van der Waals surface area contributed by atoms with E-state index in [2.05, 4.69) is 5.32 Å².